The zero-order chi connectivity index (χ0) is 12.3. The van der Waals surface area contributed by atoms with Gasteiger partial charge < -0.3 is 5.98 Å². The van der Waals surface area contributed by atoms with Crippen molar-refractivity contribution in [2.45, 2.75) is 71.1 Å². The van der Waals surface area contributed by atoms with Gasteiger partial charge in [-0.2, -0.15) is 0 Å². The van der Waals surface area contributed by atoms with E-state index in [1.807, 2.05) is 0 Å². The van der Waals surface area contributed by atoms with Gasteiger partial charge >= 0.3 is 51.4 Å². The summed E-state index contributed by atoms with van der Waals surface area (Å²) in [7, 11) is -2.90. The van der Waals surface area contributed by atoms with E-state index in [2.05, 4.69) is 18.1 Å². The zero-order valence-corrected chi connectivity index (χ0v) is 16.2. The maximum atomic E-state index is 10.8. The Hall–Kier alpha value is 1.97. The minimum atomic E-state index is -2.90. The third-order valence-electron chi connectivity index (χ3n) is 2.76. The predicted octanol–water partition coefficient (Wildman–Crippen LogP) is 1.24. The Bertz CT molecular complexity index is 246. The van der Waals surface area contributed by atoms with Gasteiger partial charge in [0.25, 0.3) is 0 Å². The second-order valence-electron chi connectivity index (χ2n) is 4.47. The van der Waals surface area contributed by atoms with Crippen LogP contribution in [-0.2, 0) is 20.0 Å². The molecule has 0 aliphatic rings. The first-order valence-electron chi connectivity index (χ1n) is 6.51. The van der Waals surface area contributed by atoms with Crippen molar-refractivity contribution < 1.29 is 61.6 Å². The molecule has 1 N–H and O–H groups in total. The molecule has 2 nitrogen and oxygen atoms in total. The Morgan fingerprint density at radius 3 is 1.65 bits per heavy atom. The van der Waals surface area contributed by atoms with Crippen LogP contribution >= 0.6 is 0 Å². The van der Waals surface area contributed by atoms with Crippen LogP contribution in [0.15, 0.2) is 0 Å². The second-order valence-corrected chi connectivity index (χ2v) is 7.60. The Labute approximate surface area is 156 Å². The van der Waals surface area contributed by atoms with E-state index in [0.717, 1.165) is 12.8 Å². The van der Waals surface area contributed by atoms with Crippen molar-refractivity contribution in [3.05, 3.63) is 0 Å². The summed E-state index contributed by atoms with van der Waals surface area (Å²) in [6.07, 6.45) is 12.4. The van der Waals surface area contributed by atoms with Crippen molar-refractivity contribution >= 4 is 20.0 Å². The fraction of sp³-hybridized carbons (Fsp3) is 1.00. The quantitative estimate of drug-likeness (QED) is 0.461. The fourth-order valence-electron chi connectivity index (χ4n) is 1.77. The summed E-state index contributed by atoms with van der Waals surface area (Å²) in [4.78, 5) is 0. The maximum Gasteiger partial charge on any atom is 1.00 e. The van der Waals surface area contributed by atoms with Crippen molar-refractivity contribution in [1.29, 1.82) is 0 Å². The molecule has 1 atom stereocenters. The summed E-state index contributed by atoms with van der Waals surface area (Å²) in [6, 6.07) is 0. The second kappa shape index (κ2) is 14.4. The molecule has 0 heterocycles. The van der Waals surface area contributed by atoms with Crippen LogP contribution in [0.5, 0.6) is 0 Å². The van der Waals surface area contributed by atoms with Crippen LogP contribution in [0.1, 0.15) is 72.6 Å². The van der Waals surface area contributed by atoms with Gasteiger partial charge in [0, 0.05) is 16.9 Å². The molecule has 0 bridgehead atoms. The standard InChI is InChI=1S/C12H26O2S2.K.H/c1-2-3-4-5-6-7-8-9-10-11-12-16(13,14)15;;/h2-12H2,1H3,(H,13,14,15);;/q;+1;-1. The molecule has 5 heteroatoms. The van der Waals surface area contributed by atoms with Crippen LogP contribution in [0, 0.1) is 0 Å². The molecule has 0 aromatic rings. The van der Waals surface area contributed by atoms with E-state index >= 15 is 0 Å². The maximum absolute atomic E-state index is 10.8. The van der Waals surface area contributed by atoms with Gasteiger partial charge in [0.1, 0.15) is 8.77 Å². The largest absolute Gasteiger partial charge is 1.00 e. The molecule has 0 amide bonds. The Balaban J connectivity index is -0.00000112. The Morgan fingerprint density at radius 2 is 1.29 bits per heavy atom. The topological polar surface area (TPSA) is 37.3 Å². The summed E-state index contributed by atoms with van der Waals surface area (Å²) in [5.41, 5.74) is 0. The first-order valence-corrected chi connectivity index (χ1v) is 9.12. The van der Waals surface area contributed by atoms with Crippen molar-refractivity contribution in [2.24, 2.45) is 0 Å². The fourth-order valence-corrected chi connectivity index (χ4v) is 2.69. The van der Waals surface area contributed by atoms with Gasteiger partial charge in [-0.15, -0.1) is 0 Å². The van der Waals surface area contributed by atoms with Crippen molar-refractivity contribution in [2.75, 3.05) is 5.75 Å². The van der Waals surface area contributed by atoms with Gasteiger partial charge in [0.15, 0.2) is 0 Å². The molecule has 100 valence electrons. The smallest absolute Gasteiger partial charge is 1.00 e. The third-order valence-corrected chi connectivity index (χ3v) is 4.06. The van der Waals surface area contributed by atoms with Gasteiger partial charge in [-0.1, -0.05) is 64.7 Å². The normalized spacial score (nSPS) is 14.0. The molecule has 0 aromatic heterocycles. The molecule has 0 radical (unpaired) electrons. The van der Waals surface area contributed by atoms with E-state index in [4.69, 9.17) is 4.55 Å². The molecule has 1 unspecified atom stereocenters. The minimum absolute atomic E-state index is 0. The average Bonchev–Trinajstić information content (AvgIpc) is 2.19. The molecular formula is C12H27KO2S2. The van der Waals surface area contributed by atoms with Crippen LogP contribution in [-0.4, -0.2) is 14.5 Å². The summed E-state index contributed by atoms with van der Waals surface area (Å²) < 4.78 is 19.7. The predicted molar refractivity (Wildman–Crippen MR) is 76.0 cm³/mol. The Morgan fingerprint density at radius 1 is 0.941 bits per heavy atom. The van der Waals surface area contributed by atoms with E-state index in [1.165, 1.54) is 51.4 Å². The number of rotatable bonds is 11. The van der Waals surface area contributed by atoms with Crippen LogP contribution in [0.2, 0.25) is 0 Å². The third kappa shape index (κ3) is 20.4. The molecule has 0 aromatic carbocycles. The Kier molecular flexibility index (Phi) is 18.0. The monoisotopic (exact) mass is 306 g/mol. The molecule has 0 saturated heterocycles. The van der Waals surface area contributed by atoms with Gasteiger partial charge in [0.2, 0.25) is 0 Å². The number of unbranched alkanes of at least 4 members (excludes halogenated alkanes) is 9. The van der Waals surface area contributed by atoms with E-state index < -0.39 is 8.77 Å². The van der Waals surface area contributed by atoms with E-state index in [1.54, 1.807) is 0 Å². The SMILES string of the molecule is CCCCCCCCCCCCS(=O)(O)=S.[H-].[K+]. The van der Waals surface area contributed by atoms with Crippen LogP contribution in [0.3, 0.4) is 0 Å². The first kappa shape index (κ1) is 21.3. The minimum Gasteiger partial charge on any atom is -1.00 e. The van der Waals surface area contributed by atoms with E-state index in [0.29, 0.717) is 5.75 Å². The summed E-state index contributed by atoms with van der Waals surface area (Å²) in [6.45, 7) is 2.23. The number of hydrogen-bond acceptors (Lipinski definition) is 2. The molecule has 0 fully saturated rings. The van der Waals surface area contributed by atoms with E-state index in [-0.39, 0.29) is 52.8 Å². The summed E-state index contributed by atoms with van der Waals surface area (Å²) in [5.74, 6) is 0.291. The van der Waals surface area contributed by atoms with Crippen molar-refractivity contribution in [3.63, 3.8) is 0 Å². The molecule has 0 aliphatic carbocycles. The van der Waals surface area contributed by atoms with Gasteiger partial charge in [-0.05, 0) is 6.42 Å². The van der Waals surface area contributed by atoms with Crippen molar-refractivity contribution in [1.82, 2.24) is 0 Å². The number of hydrogen-bond donors (Lipinski definition) is 1. The van der Waals surface area contributed by atoms with Gasteiger partial charge in [-0.25, -0.2) is 4.21 Å². The van der Waals surface area contributed by atoms with Crippen LogP contribution in [0.25, 0.3) is 0 Å². The molecular weight excluding hydrogens is 279 g/mol. The molecule has 0 aliphatic heterocycles. The van der Waals surface area contributed by atoms with Crippen LogP contribution < -0.4 is 51.4 Å². The summed E-state index contributed by atoms with van der Waals surface area (Å²) in [5, 5.41) is 0. The zero-order valence-electron chi connectivity index (χ0n) is 12.5. The van der Waals surface area contributed by atoms with Gasteiger partial charge in [-0.3, -0.25) is 0 Å². The van der Waals surface area contributed by atoms with Gasteiger partial charge in [0.05, 0.1) is 0 Å². The van der Waals surface area contributed by atoms with E-state index in [9.17, 15) is 4.21 Å². The van der Waals surface area contributed by atoms with Crippen LogP contribution in [0.4, 0.5) is 0 Å². The molecule has 0 rings (SSSR count). The van der Waals surface area contributed by atoms with Crippen molar-refractivity contribution in [3.8, 4) is 0 Å². The molecule has 0 spiro atoms. The average molecular weight is 307 g/mol. The molecule has 0 saturated carbocycles. The molecule has 17 heavy (non-hydrogen) atoms. The summed E-state index contributed by atoms with van der Waals surface area (Å²) >= 11 is 4.43. The first-order chi connectivity index (χ1) is 7.56.